The second kappa shape index (κ2) is 10.3. The van der Waals surface area contributed by atoms with E-state index in [1.165, 1.54) is 0 Å². The zero-order valence-electron chi connectivity index (χ0n) is 22.1. The Hall–Kier alpha value is -2.05. The molecular formula is C28H43NO5. The molecule has 1 aromatic heterocycles. The van der Waals surface area contributed by atoms with Crippen LogP contribution in [0.1, 0.15) is 85.0 Å². The number of unbranched alkanes of at least 4 members (excludes halogenated alkanes) is 1. The van der Waals surface area contributed by atoms with Gasteiger partial charge in [0.1, 0.15) is 16.9 Å². The average molecular weight is 474 g/mol. The topological polar surface area (TPSA) is 72.1 Å². The van der Waals surface area contributed by atoms with Gasteiger partial charge >= 0.3 is 6.09 Å². The van der Waals surface area contributed by atoms with Crippen LogP contribution in [0.15, 0.2) is 28.7 Å². The molecule has 0 radical (unpaired) electrons. The summed E-state index contributed by atoms with van der Waals surface area (Å²) in [6.45, 7) is 13.8. The summed E-state index contributed by atoms with van der Waals surface area (Å²) in [6.07, 6.45) is 3.60. The van der Waals surface area contributed by atoms with E-state index >= 15 is 0 Å². The Morgan fingerprint density at radius 2 is 1.91 bits per heavy atom. The molecule has 2 atom stereocenters. The van der Waals surface area contributed by atoms with Gasteiger partial charge in [-0.25, -0.2) is 4.79 Å². The highest BCUT2D eigenvalue weighted by atomic mass is 16.6. The number of aliphatic hydroxyl groups is 1. The van der Waals surface area contributed by atoms with Gasteiger partial charge < -0.3 is 23.9 Å². The highest BCUT2D eigenvalue weighted by Crippen LogP contribution is 2.44. The summed E-state index contributed by atoms with van der Waals surface area (Å²) in [5, 5.41) is 13.4. The van der Waals surface area contributed by atoms with Crippen molar-refractivity contribution >= 4 is 17.1 Å². The van der Waals surface area contributed by atoms with Crippen molar-refractivity contribution in [1.29, 1.82) is 0 Å². The maximum absolute atomic E-state index is 12.8. The molecule has 0 saturated carbocycles. The van der Waals surface area contributed by atoms with Crippen LogP contribution in [-0.4, -0.2) is 48.5 Å². The number of carbonyl (C=O) groups is 1. The third-order valence-corrected chi connectivity index (χ3v) is 6.65. The number of piperidine rings is 1. The molecule has 1 aliphatic rings. The van der Waals surface area contributed by atoms with Crippen LogP contribution < -0.4 is 0 Å². The lowest BCUT2D eigenvalue weighted by Crippen LogP contribution is -2.49. The van der Waals surface area contributed by atoms with Crippen LogP contribution >= 0.6 is 0 Å². The minimum Gasteiger partial charge on any atom is -0.460 e. The molecule has 34 heavy (non-hydrogen) atoms. The van der Waals surface area contributed by atoms with E-state index in [-0.39, 0.29) is 17.4 Å². The molecule has 6 heteroatoms. The number of furan rings is 1. The molecule has 190 valence electrons. The predicted octanol–water partition coefficient (Wildman–Crippen LogP) is 6.38. The van der Waals surface area contributed by atoms with Crippen molar-refractivity contribution in [2.24, 2.45) is 5.92 Å². The SMILES string of the molecule is COCCCCC(O)(c1cccc2cc(C(C)(C)C)oc12)C1CCCN(C(=O)OC(C)(C)C)C1. The molecule has 1 fully saturated rings. The Morgan fingerprint density at radius 1 is 1.18 bits per heavy atom. The van der Waals surface area contributed by atoms with Crippen molar-refractivity contribution in [3.8, 4) is 0 Å². The van der Waals surface area contributed by atoms with E-state index in [1.54, 1.807) is 12.0 Å². The summed E-state index contributed by atoms with van der Waals surface area (Å²) in [7, 11) is 1.70. The standard InChI is InChI=1S/C28H43NO5/c1-26(2,3)23-18-20-12-10-14-22(24(20)33-23)28(31,15-8-9-17-32-7)21-13-11-16-29(19-21)25(30)34-27(4,5)6/h10,12,14,18,21,31H,8-9,11,13,15-17,19H2,1-7H3. The first-order chi connectivity index (χ1) is 15.8. The number of fused-ring (bicyclic) bond motifs is 1. The lowest BCUT2D eigenvalue weighted by atomic mass is 9.73. The number of ether oxygens (including phenoxy) is 2. The molecule has 1 saturated heterocycles. The Labute approximate surface area is 204 Å². The molecule has 1 amide bonds. The molecular weight excluding hydrogens is 430 g/mol. The van der Waals surface area contributed by atoms with E-state index in [9.17, 15) is 9.90 Å². The zero-order valence-corrected chi connectivity index (χ0v) is 22.1. The van der Waals surface area contributed by atoms with Crippen molar-refractivity contribution in [2.45, 2.75) is 90.3 Å². The molecule has 6 nitrogen and oxygen atoms in total. The second-order valence-corrected chi connectivity index (χ2v) is 11.7. The summed E-state index contributed by atoms with van der Waals surface area (Å²) in [5.74, 6) is 0.779. The number of amides is 1. The van der Waals surface area contributed by atoms with E-state index in [0.29, 0.717) is 26.1 Å². The van der Waals surface area contributed by atoms with E-state index < -0.39 is 11.2 Å². The van der Waals surface area contributed by atoms with Crippen molar-refractivity contribution < 1.29 is 23.8 Å². The number of rotatable bonds is 7. The number of hydrogen-bond donors (Lipinski definition) is 1. The van der Waals surface area contributed by atoms with Gasteiger partial charge in [0.2, 0.25) is 0 Å². The number of nitrogens with zero attached hydrogens (tertiary/aromatic N) is 1. The number of methoxy groups -OCH3 is 1. The minimum atomic E-state index is -1.12. The minimum absolute atomic E-state index is 0.120. The van der Waals surface area contributed by atoms with Crippen LogP contribution in [0.4, 0.5) is 4.79 Å². The van der Waals surface area contributed by atoms with E-state index in [0.717, 1.165) is 48.0 Å². The van der Waals surface area contributed by atoms with Crippen LogP contribution in [0.3, 0.4) is 0 Å². The lowest BCUT2D eigenvalue weighted by Gasteiger charge is -2.43. The first-order valence-electron chi connectivity index (χ1n) is 12.6. The van der Waals surface area contributed by atoms with Gasteiger partial charge in [-0.3, -0.25) is 0 Å². The quantitative estimate of drug-likeness (QED) is 0.472. The van der Waals surface area contributed by atoms with Crippen molar-refractivity contribution in [3.63, 3.8) is 0 Å². The van der Waals surface area contributed by atoms with Crippen LogP contribution in [0, 0.1) is 5.92 Å². The smallest absolute Gasteiger partial charge is 0.410 e. The molecule has 2 aromatic rings. The molecule has 0 spiro atoms. The van der Waals surface area contributed by atoms with Crippen LogP contribution in [-0.2, 0) is 20.5 Å². The lowest BCUT2D eigenvalue weighted by molar-refractivity contribution is -0.0637. The Morgan fingerprint density at radius 3 is 2.56 bits per heavy atom. The highest BCUT2D eigenvalue weighted by Gasteiger charge is 2.43. The Kier molecular flexibility index (Phi) is 8.03. The molecule has 0 bridgehead atoms. The molecule has 1 aromatic carbocycles. The summed E-state index contributed by atoms with van der Waals surface area (Å²) in [5.41, 5.74) is -0.250. The summed E-state index contributed by atoms with van der Waals surface area (Å²) >= 11 is 0. The van der Waals surface area contributed by atoms with Crippen molar-refractivity contribution in [1.82, 2.24) is 4.90 Å². The van der Waals surface area contributed by atoms with Gasteiger partial charge in [0.25, 0.3) is 0 Å². The molecule has 3 rings (SSSR count). The first kappa shape index (κ1) is 26.6. The fraction of sp³-hybridized carbons (Fsp3) is 0.679. The van der Waals surface area contributed by atoms with Crippen molar-refractivity contribution in [3.05, 3.63) is 35.6 Å². The van der Waals surface area contributed by atoms with Crippen LogP contribution in [0.5, 0.6) is 0 Å². The van der Waals surface area contributed by atoms with Gasteiger partial charge in [-0.1, -0.05) is 39.0 Å². The van der Waals surface area contributed by atoms with Gasteiger partial charge in [-0.05, 0) is 58.9 Å². The number of likely N-dealkylation sites (tertiary alicyclic amines) is 1. The van der Waals surface area contributed by atoms with Gasteiger partial charge in [-0.2, -0.15) is 0 Å². The molecule has 0 aliphatic carbocycles. The number of hydrogen-bond acceptors (Lipinski definition) is 5. The maximum atomic E-state index is 12.8. The molecule has 2 heterocycles. The van der Waals surface area contributed by atoms with E-state index in [4.69, 9.17) is 13.9 Å². The van der Waals surface area contributed by atoms with Gasteiger partial charge in [-0.15, -0.1) is 0 Å². The average Bonchev–Trinajstić information content (AvgIpc) is 3.20. The fourth-order valence-electron chi connectivity index (χ4n) is 4.83. The normalized spacial score (nSPS) is 19.3. The molecule has 2 unspecified atom stereocenters. The van der Waals surface area contributed by atoms with Gasteiger partial charge in [0, 0.05) is 49.1 Å². The van der Waals surface area contributed by atoms with Gasteiger partial charge in [0.05, 0.1) is 5.60 Å². The number of benzene rings is 1. The highest BCUT2D eigenvalue weighted by molar-refractivity contribution is 5.82. The summed E-state index contributed by atoms with van der Waals surface area (Å²) in [6, 6.07) is 8.10. The Bertz CT molecular complexity index is 967. The third-order valence-electron chi connectivity index (χ3n) is 6.65. The second-order valence-electron chi connectivity index (χ2n) is 11.7. The number of para-hydroxylation sites is 1. The molecule has 1 N–H and O–H groups in total. The van der Waals surface area contributed by atoms with E-state index in [2.05, 4.69) is 26.8 Å². The van der Waals surface area contributed by atoms with E-state index in [1.807, 2.05) is 39.0 Å². The first-order valence-corrected chi connectivity index (χ1v) is 12.6. The third kappa shape index (κ3) is 6.14. The summed E-state index contributed by atoms with van der Waals surface area (Å²) in [4.78, 5) is 14.6. The molecule has 1 aliphatic heterocycles. The van der Waals surface area contributed by atoms with Crippen LogP contribution in [0.2, 0.25) is 0 Å². The van der Waals surface area contributed by atoms with Crippen molar-refractivity contribution in [2.75, 3.05) is 26.8 Å². The fourth-order valence-corrected chi connectivity index (χ4v) is 4.83. The summed E-state index contributed by atoms with van der Waals surface area (Å²) < 4.78 is 17.3. The maximum Gasteiger partial charge on any atom is 0.410 e. The zero-order chi connectivity index (χ0) is 25.1. The monoisotopic (exact) mass is 473 g/mol. The van der Waals surface area contributed by atoms with Crippen LogP contribution in [0.25, 0.3) is 11.0 Å². The van der Waals surface area contributed by atoms with Gasteiger partial charge in [0.15, 0.2) is 0 Å². The largest absolute Gasteiger partial charge is 0.460 e. The Balaban J connectivity index is 1.98. The predicted molar refractivity (Wildman–Crippen MR) is 135 cm³/mol. The number of carbonyl (C=O) groups excluding carboxylic acids is 1.